The number of thioether (sulfide) groups is 1. The molecule has 0 radical (unpaired) electrons. The lowest BCUT2D eigenvalue weighted by molar-refractivity contribution is -0.113. The van der Waals surface area contributed by atoms with E-state index in [-0.39, 0.29) is 5.91 Å². The van der Waals surface area contributed by atoms with Crippen molar-refractivity contribution in [1.82, 2.24) is 9.97 Å². The number of hydrogen-bond donors (Lipinski definition) is 1. The monoisotopic (exact) mass is 273 g/mol. The van der Waals surface area contributed by atoms with Gasteiger partial charge in [0, 0.05) is 18.1 Å². The number of carbonyl (C=O) groups is 1. The number of benzene rings is 1. The number of aryl methyl sites for hydroxylation is 1. The number of para-hydroxylation sites is 1. The maximum Gasteiger partial charge on any atom is 0.234 e. The minimum atomic E-state index is -0.0432. The molecule has 0 fully saturated rings. The first-order chi connectivity index (χ1) is 9.29. The van der Waals surface area contributed by atoms with Gasteiger partial charge < -0.3 is 5.32 Å². The lowest BCUT2D eigenvalue weighted by Crippen LogP contribution is -2.15. The molecule has 2 rings (SSSR count). The van der Waals surface area contributed by atoms with Crippen molar-refractivity contribution in [2.45, 2.75) is 18.5 Å². The summed E-state index contributed by atoms with van der Waals surface area (Å²) in [5.41, 5.74) is 2.02. The van der Waals surface area contributed by atoms with Gasteiger partial charge in [-0.15, -0.1) is 0 Å². The Balaban J connectivity index is 1.91. The van der Waals surface area contributed by atoms with Gasteiger partial charge >= 0.3 is 0 Å². The molecule has 1 heterocycles. The van der Waals surface area contributed by atoms with E-state index in [4.69, 9.17) is 0 Å². The summed E-state index contributed by atoms with van der Waals surface area (Å²) >= 11 is 1.33. The number of nitrogens with zero attached hydrogens (tertiary/aromatic N) is 2. The molecule has 5 heteroatoms. The summed E-state index contributed by atoms with van der Waals surface area (Å²) in [5.74, 6) is 0.264. The van der Waals surface area contributed by atoms with Gasteiger partial charge in [0.15, 0.2) is 5.16 Å². The van der Waals surface area contributed by atoms with E-state index in [1.807, 2.05) is 24.3 Å². The zero-order valence-electron chi connectivity index (χ0n) is 10.7. The van der Waals surface area contributed by atoms with Gasteiger partial charge in [0.05, 0.1) is 5.75 Å². The van der Waals surface area contributed by atoms with Crippen LogP contribution in [0.15, 0.2) is 47.9 Å². The normalized spacial score (nSPS) is 10.2. The third-order valence-electron chi connectivity index (χ3n) is 2.55. The largest absolute Gasteiger partial charge is 0.325 e. The van der Waals surface area contributed by atoms with Crippen LogP contribution in [0.5, 0.6) is 0 Å². The predicted molar refractivity (Wildman–Crippen MR) is 77.2 cm³/mol. The molecule has 4 nitrogen and oxygen atoms in total. The first-order valence-electron chi connectivity index (χ1n) is 6.07. The molecule has 0 bridgehead atoms. The molecule has 0 aliphatic rings. The molecule has 0 saturated heterocycles. The van der Waals surface area contributed by atoms with E-state index >= 15 is 0 Å². The standard InChI is InChI=1S/C14H15N3OS/c1-2-11-6-3-4-7-12(11)17-13(18)10-19-14-15-8-5-9-16-14/h3-9H,2,10H2,1H3,(H,17,18). The highest BCUT2D eigenvalue weighted by molar-refractivity contribution is 7.99. The van der Waals surface area contributed by atoms with Gasteiger partial charge in [-0.1, -0.05) is 36.9 Å². The van der Waals surface area contributed by atoms with Gasteiger partial charge in [0.1, 0.15) is 0 Å². The highest BCUT2D eigenvalue weighted by Crippen LogP contribution is 2.17. The Hall–Kier alpha value is -1.88. The Labute approximate surface area is 116 Å². The fourth-order valence-corrected chi connectivity index (χ4v) is 2.23. The first-order valence-corrected chi connectivity index (χ1v) is 7.05. The number of aromatic nitrogens is 2. The van der Waals surface area contributed by atoms with Gasteiger partial charge in [-0.3, -0.25) is 4.79 Å². The second kappa shape index (κ2) is 6.89. The minimum Gasteiger partial charge on any atom is -0.325 e. The fraction of sp³-hybridized carbons (Fsp3) is 0.214. The van der Waals surface area contributed by atoms with Crippen molar-refractivity contribution in [2.75, 3.05) is 11.1 Å². The summed E-state index contributed by atoms with van der Waals surface area (Å²) in [6, 6.07) is 9.58. The molecule has 1 amide bonds. The van der Waals surface area contributed by atoms with E-state index < -0.39 is 0 Å². The molecule has 0 aliphatic heterocycles. The van der Waals surface area contributed by atoms with Crippen molar-refractivity contribution in [3.63, 3.8) is 0 Å². The van der Waals surface area contributed by atoms with Gasteiger partial charge in [-0.2, -0.15) is 0 Å². The van der Waals surface area contributed by atoms with Crippen LogP contribution >= 0.6 is 11.8 Å². The van der Waals surface area contributed by atoms with Crippen molar-refractivity contribution < 1.29 is 4.79 Å². The molecule has 1 aromatic heterocycles. The predicted octanol–water partition coefficient (Wildman–Crippen LogP) is 2.77. The third-order valence-corrected chi connectivity index (χ3v) is 3.42. The Bertz CT molecular complexity index is 545. The molecule has 1 aromatic carbocycles. The second-order valence-corrected chi connectivity index (χ2v) is 4.82. The molecule has 0 aliphatic carbocycles. The first kappa shape index (κ1) is 13.5. The maximum absolute atomic E-state index is 11.9. The smallest absolute Gasteiger partial charge is 0.234 e. The Kier molecular flexibility index (Phi) is 4.92. The Morgan fingerprint density at radius 1 is 1.21 bits per heavy atom. The van der Waals surface area contributed by atoms with Crippen LogP contribution in [0.2, 0.25) is 0 Å². The molecule has 19 heavy (non-hydrogen) atoms. The molecule has 98 valence electrons. The summed E-state index contributed by atoms with van der Waals surface area (Å²) < 4.78 is 0. The summed E-state index contributed by atoms with van der Waals surface area (Å²) in [6.07, 6.45) is 4.23. The van der Waals surface area contributed by atoms with E-state index in [0.717, 1.165) is 17.7 Å². The van der Waals surface area contributed by atoms with Crippen molar-refractivity contribution in [2.24, 2.45) is 0 Å². The SMILES string of the molecule is CCc1ccccc1NC(=O)CSc1ncccn1. The Morgan fingerprint density at radius 2 is 1.95 bits per heavy atom. The number of hydrogen-bond acceptors (Lipinski definition) is 4. The average molecular weight is 273 g/mol. The molecule has 1 N–H and O–H groups in total. The van der Waals surface area contributed by atoms with E-state index in [9.17, 15) is 4.79 Å². The summed E-state index contributed by atoms with van der Waals surface area (Å²) in [7, 11) is 0. The van der Waals surface area contributed by atoms with Crippen LogP contribution < -0.4 is 5.32 Å². The lowest BCUT2D eigenvalue weighted by atomic mass is 10.1. The molecule has 0 atom stereocenters. The lowest BCUT2D eigenvalue weighted by Gasteiger charge is -2.09. The minimum absolute atomic E-state index is 0.0432. The quantitative estimate of drug-likeness (QED) is 0.672. The van der Waals surface area contributed by atoms with Crippen molar-refractivity contribution >= 4 is 23.4 Å². The molecule has 2 aromatic rings. The van der Waals surface area contributed by atoms with Crippen LogP contribution in [-0.2, 0) is 11.2 Å². The number of rotatable bonds is 5. The van der Waals surface area contributed by atoms with Crippen LogP contribution in [0.1, 0.15) is 12.5 Å². The van der Waals surface area contributed by atoms with Gasteiger partial charge in [-0.25, -0.2) is 9.97 Å². The number of amides is 1. The van der Waals surface area contributed by atoms with Crippen molar-refractivity contribution in [3.05, 3.63) is 48.3 Å². The van der Waals surface area contributed by atoms with Crippen LogP contribution in [0.4, 0.5) is 5.69 Å². The summed E-state index contributed by atoms with van der Waals surface area (Å²) in [4.78, 5) is 20.0. The molecule has 0 unspecified atom stereocenters. The van der Waals surface area contributed by atoms with E-state index in [1.54, 1.807) is 18.5 Å². The number of nitrogens with one attached hydrogen (secondary N) is 1. The van der Waals surface area contributed by atoms with E-state index in [0.29, 0.717) is 10.9 Å². The summed E-state index contributed by atoms with van der Waals surface area (Å²) in [5, 5.41) is 3.53. The average Bonchev–Trinajstić information content (AvgIpc) is 2.47. The zero-order valence-corrected chi connectivity index (χ0v) is 11.5. The molecule has 0 spiro atoms. The molecular formula is C14H15N3OS. The topological polar surface area (TPSA) is 54.9 Å². The highest BCUT2D eigenvalue weighted by Gasteiger charge is 2.07. The number of anilines is 1. The Morgan fingerprint density at radius 3 is 2.68 bits per heavy atom. The third kappa shape index (κ3) is 4.06. The number of carbonyl (C=O) groups excluding carboxylic acids is 1. The second-order valence-electron chi connectivity index (χ2n) is 3.88. The van der Waals surface area contributed by atoms with Gasteiger partial charge in [-0.05, 0) is 24.1 Å². The van der Waals surface area contributed by atoms with Gasteiger partial charge in [0.25, 0.3) is 0 Å². The van der Waals surface area contributed by atoms with Crippen molar-refractivity contribution in [3.8, 4) is 0 Å². The highest BCUT2D eigenvalue weighted by atomic mass is 32.2. The van der Waals surface area contributed by atoms with Crippen LogP contribution in [0, 0.1) is 0 Å². The van der Waals surface area contributed by atoms with Gasteiger partial charge in [0.2, 0.25) is 5.91 Å². The molecular weight excluding hydrogens is 258 g/mol. The van der Waals surface area contributed by atoms with E-state index in [2.05, 4.69) is 22.2 Å². The summed E-state index contributed by atoms with van der Waals surface area (Å²) in [6.45, 7) is 2.07. The van der Waals surface area contributed by atoms with Crippen LogP contribution in [0.3, 0.4) is 0 Å². The van der Waals surface area contributed by atoms with Crippen LogP contribution in [0.25, 0.3) is 0 Å². The van der Waals surface area contributed by atoms with E-state index in [1.165, 1.54) is 11.8 Å². The molecule has 0 saturated carbocycles. The fourth-order valence-electron chi connectivity index (χ4n) is 1.63. The maximum atomic E-state index is 11.9. The van der Waals surface area contributed by atoms with Crippen molar-refractivity contribution in [1.29, 1.82) is 0 Å². The zero-order chi connectivity index (χ0) is 13.5. The van der Waals surface area contributed by atoms with Crippen LogP contribution in [-0.4, -0.2) is 21.6 Å².